The van der Waals surface area contributed by atoms with Gasteiger partial charge in [-0.2, -0.15) is 0 Å². The molecule has 4 rings (SSSR count). The molecule has 144 valence electrons. The number of nitrogens with zero attached hydrogens (tertiary/aromatic N) is 1. The molecule has 3 heterocycles. The number of rotatable bonds is 3. The quantitative estimate of drug-likeness (QED) is 0.673. The minimum atomic E-state index is -1.42. The number of likely N-dealkylation sites (tertiary alicyclic amines) is 1. The molecule has 0 bridgehead atoms. The van der Waals surface area contributed by atoms with Crippen LogP contribution in [0.25, 0.3) is 0 Å². The third-order valence-corrected chi connectivity index (χ3v) is 6.53. The fourth-order valence-corrected chi connectivity index (χ4v) is 5.00. The van der Waals surface area contributed by atoms with Gasteiger partial charge in [0.05, 0.1) is 28.6 Å². The molecule has 7 nitrogen and oxygen atoms in total. The molecule has 3 amide bonds. The molecular formula is C19H22ClN3O4. The molecule has 27 heavy (non-hydrogen) atoms. The number of hydrogen-bond donors (Lipinski definition) is 3. The zero-order valence-corrected chi connectivity index (χ0v) is 16.1. The van der Waals surface area contributed by atoms with Gasteiger partial charge in [0.15, 0.2) is 0 Å². The maximum atomic E-state index is 13.3. The molecule has 1 spiro atoms. The van der Waals surface area contributed by atoms with Gasteiger partial charge in [-0.15, -0.1) is 0 Å². The van der Waals surface area contributed by atoms with Crippen molar-refractivity contribution in [1.82, 2.24) is 10.2 Å². The van der Waals surface area contributed by atoms with Crippen LogP contribution < -0.4 is 10.6 Å². The maximum absolute atomic E-state index is 13.3. The highest BCUT2D eigenvalue weighted by Crippen LogP contribution is 2.54. The first-order valence-electron chi connectivity index (χ1n) is 9.18. The molecule has 0 radical (unpaired) electrons. The molecule has 6 atom stereocenters. The van der Waals surface area contributed by atoms with E-state index in [0.29, 0.717) is 22.7 Å². The number of amides is 3. The SMILES string of the molecule is CC[C@H](C)N1C(=O)[C@@H]2[C@H]([C@@H](C)O)N[C@@]3(C(=O)Nc4c(Cl)cccc43)[C@@H]2C1=O. The Kier molecular flexibility index (Phi) is 4.10. The minimum Gasteiger partial charge on any atom is -0.392 e. The number of para-hydroxylation sites is 1. The predicted octanol–water partition coefficient (Wildman–Crippen LogP) is 1.24. The zero-order chi connectivity index (χ0) is 19.7. The molecule has 0 aliphatic carbocycles. The highest BCUT2D eigenvalue weighted by Gasteiger charge is 2.71. The van der Waals surface area contributed by atoms with Crippen LogP contribution in [0.5, 0.6) is 0 Å². The summed E-state index contributed by atoms with van der Waals surface area (Å²) in [7, 11) is 0. The van der Waals surface area contributed by atoms with Crippen molar-refractivity contribution in [2.45, 2.75) is 50.9 Å². The van der Waals surface area contributed by atoms with Gasteiger partial charge in [-0.1, -0.05) is 30.7 Å². The highest BCUT2D eigenvalue weighted by molar-refractivity contribution is 6.35. The second kappa shape index (κ2) is 6.02. The summed E-state index contributed by atoms with van der Waals surface area (Å²) in [5, 5.41) is 16.6. The Hall–Kier alpha value is -1.96. The molecule has 3 aliphatic heterocycles. The highest BCUT2D eigenvalue weighted by atomic mass is 35.5. The third kappa shape index (κ3) is 2.19. The van der Waals surface area contributed by atoms with Crippen LogP contribution in [0.15, 0.2) is 18.2 Å². The van der Waals surface area contributed by atoms with Gasteiger partial charge in [-0.25, -0.2) is 0 Å². The number of fused-ring (bicyclic) bond motifs is 4. The van der Waals surface area contributed by atoms with Crippen molar-refractivity contribution in [2.75, 3.05) is 5.32 Å². The van der Waals surface area contributed by atoms with Crippen molar-refractivity contribution < 1.29 is 19.5 Å². The summed E-state index contributed by atoms with van der Waals surface area (Å²) in [6.07, 6.45) is -0.299. The second-order valence-electron chi connectivity index (χ2n) is 7.64. The smallest absolute Gasteiger partial charge is 0.250 e. The fourth-order valence-electron chi connectivity index (χ4n) is 4.78. The van der Waals surface area contributed by atoms with E-state index in [1.54, 1.807) is 25.1 Å². The Labute approximate surface area is 162 Å². The number of carbonyl (C=O) groups is 3. The monoisotopic (exact) mass is 391 g/mol. The number of aliphatic hydroxyl groups is 1. The Balaban J connectivity index is 1.92. The lowest BCUT2D eigenvalue weighted by Gasteiger charge is -2.31. The van der Waals surface area contributed by atoms with E-state index in [1.807, 2.05) is 13.8 Å². The van der Waals surface area contributed by atoms with E-state index in [4.69, 9.17) is 11.6 Å². The summed E-state index contributed by atoms with van der Waals surface area (Å²) < 4.78 is 0. The Morgan fingerprint density at radius 3 is 2.59 bits per heavy atom. The van der Waals surface area contributed by atoms with E-state index >= 15 is 0 Å². The van der Waals surface area contributed by atoms with Crippen molar-refractivity contribution in [2.24, 2.45) is 11.8 Å². The average molecular weight is 392 g/mol. The Bertz CT molecular complexity index is 857. The lowest BCUT2D eigenvalue weighted by molar-refractivity contribution is -0.145. The molecule has 8 heteroatoms. The van der Waals surface area contributed by atoms with Gasteiger partial charge in [-0.3, -0.25) is 24.6 Å². The standard InChI is InChI=1S/C19H22ClN3O4/c1-4-8(2)23-16(25)12-13(17(23)26)19(22-14(12)9(3)24)10-6-5-7-11(20)15(10)21-18(19)27/h5-9,12-14,22,24H,4H2,1-3H3,(H,21,27)/t8-,9+,12-,13-,14-,19+/m0/s1. The van der Waals surface area contributed by atoms with E-state index < -0.39 is 35.4 Å². The topological polar surface area (TPSA) is 98.7 Å². The van der Waals surface area contributed by atoms with E-state index in [1.165, 1.54) is 4.90 Å². The molecule has 3 N–H and O–H groups in total. The first-order valence-corrected chi connectivity index (χ1v) is 9.56. The zero-order valence-electron chi connectivity index (χ0n) is 15.3. The van der Waals surface area contributed by atoms with Gasteiger partial charge in [0, 0.05) is 17.6 Å². The van der Waals surface area contributed by atoms with Gasteiger partial charge in [0.1, 0.15) is 5.54 Å². The third-order valence-electron chi connectivity index (χ3n) is 6.22. The van der Waals surface area contributed by atoms with Crippen LogP contribution in [0.1, 0.15) is 32.8 Å². The van der Waals surface area contributed by atoms with Crippen LogP contribution >= 0.6 is 11.6 Å². The normalized spacial score (nSPS) is 34.0. The van der Waals surface area contributed by atoms with Crippen LogP contribution in [-0.2, 0) is 19.9 Å². The Morgan fingerprint density at radius 1 is 1.26 bits per heavy atom. The summed E-state index contributed by atoms with van der Waals surface area (Å²) in [5.41, 5.74) is -0.421. The van der Waals surface area contributed by atoms with E-state index in [9.17, 15) is 19.5 Å². The van der Waals surface area contributed by atoms with Crippen LogP contribution in [0.2, 0.25) is 5.02 Å². The molecule has 1 aromatic rings. The van der Waals surface area contributed by atoms with Crippen molar-refractivity contribution in [1.29, 1.82) is 0 Å². The summed E-state index contributed by atoms with van der Waals surface area (Å²) >= 11 is 6.25. The number of nitrogens with one attached hydrogen (secondary N) is 2. The predicted molar refractivity (Wildman–Crippen MR) is 99.0 cm³/mol. The van der Waals surface area contributed by atoms with Crippen molar-refractivity contribution >= 4 is 35.0 Å². The lowest BCUT2D eigenvalue weighted by atomic mass is 9.76. The number of carbonyl (C=O) groups excluding carboxylic acids is 3. The van der Waals surface area contributed by atoms with Crippen LogP contribution in [0, 0.1) is 11.8 Å². The molecule has 0 aromatic heterocycles. The summed E-state index contributed by atoms with van der Waals surface area (Å²) in [6.45, 7) is 5.27. The van der Waals surface area contributed by atoms with Crippen molar-refractivity contribution in [3.8, 4) is 0 Å². The molecule has 1 aromatic carbocycles. The number of imide groups is 1. The molecule has 0 saturated carbocycles. The number of benzene rings is 1. The van der Waals surface area contributed by atoms with Gasteiger partial charge in [-0.05, 0) is 26.3 Å². The number of halogens is 1. The number of anilines is 1. The van der Waals surface area contributed by atoms with Crippen LogP contribution in [0.4, 0.5) is 5.69 Å². The number of aliphatic hydroxyl groups excluding tert-OH is 1. The first-order chi connectivity index (χ1) is 12.8. The Morgan fingerprint density at radius 2 is 1.96 bits per heavy atom. The summed E-state index contributed by atoms with van der Waals surface area (Å²) in [5.74, 6) is -2.85. The van der Waals surface area contributed by atoms with Gasteiger partial charge in [0.2, 0.25) is 17.7 Å². The largest absolute Gasteiger partial charge is 0.392 e. The first kappa shape index (κ1) is 18.4. The van der Waals surface area contributed by atoms with Crippen molar-refractivity contribution in [3.63, 3.8) is 0 Å². The van der Waals surface area contributed by atoms with Crippen molar-refractivity contribution in [3.05, 3.63) is 28.8 Å². The molecule has 3 aliphatic rings. The van der Waals surface area contributed by atoms with Crippen LogP contribution in [-0.4, -0.2) is 45.9 Å². The van der Waals surface area contributed by atoms with E-state index in [2.05, 4.69) is 10.6 Å². The van der Waals surface area contributed by atoms with Gasteiger partial charge >= 0.3 is 0 Å². The minimum absolute atomic E-state index is 0.273. The van der Waals surface area contributed by atoms with Gasteiger partial charge < -0.3 is 10.4 Å². The summed E-state index contributed by atoms with van der Waals surface area (Å²) in [6, 6.07) is 4.12. The lowest BCUT2D eigenvalue weighted by Crippen LogP contribution is -2.55. The molecular weight excluding hydrogens is 370 g/mol. The van der Waals surface area contributed by atoms with E-state index in [-0.39, 0.29) is 17.9 Å². The second-order valence-corrected chi connectivity index (χ2v) is 8.05. The van der Waals surface area contributed by atoms with Crippen LogP contribution in [0.3, 0.4) is 0 Å². The maximum Gasteiger partial charge on any atom is 0.250 e. The van der Waals surface area contributed by atoms with E-state index in [0.717, 1.165) is 0 Å². The fraction of sp³-hybridized carbons (Fsp3) is 0.526. The molecule has 2 fully saturated rings. The molecule has 2 saturated heterocycles. The number of hydrogen-bond acceptors (Lipinski definition) is 5. The summed E-state index contributed by atoms with van der Waals surface area (Å²) in [4.78, 5) is 40.9. The molecule has 0 unspecified atom stereocenters. The average Bonchev–Trinajstić information content (AvgIpc) is 3.21. The van der Waals surface area contributed by atoms with Gasteiger partial charge in [0.25, 0.3) is 0 Å².